The molecule has 1 aliphatic heterocycles. The minimum absolute atomic E-state index is 0. The van der Waals surface area contributed by atoms with Crippen LogP contribution < -0.4 is 0 Å². The van der Waals surface area contributed by atoms with Crippen LogP contribution in [-0.4, -0.2) is 4.98 Å². The molecule has 0 radical (unpaired) electrons. The zero-order chi connectivity index (χ0) is 9.54. The van der Waals surface area contributed by atoms with Crippen molar-refractivity contribution in [2.75, 3.05) is 0 Å². The average Bonchev–Trinajstić information content (AvgIpc) is 2.59. The Hall–Kier alpha value is -0.510. The largest absolute Gasteiger partial charge is 0.241 e. The predicted molar refractivity (Wildman–Crippen MR) is 69.1 cm³/mol. The van der Waals surface area contributed by atoms with Crippen LogP contribution >= 0.6 is 35.5 Å². The number of nitrogens with zero attached hydrogens (tertiary/aromatic N) is 1. The van der Waals surface area contributed by atoms with Crippen molar-refractivity contribution in [2.45, 2.75) is 17.6 Å². The summed E-state index contributed by atoms with van der Waals surface area (Å²) in [7, 11) is 0. The quantitative estimate of drug-likeness (QED) is 0.702. The third kappa shape index (κ3) is 1.80. The van der Waals surface area contributed by atoms with Crippen LogP contribution in [0.5, 0.6) is 0 Å². The van der Waals surface area contributed by atoms with E-state index in [0.717, 1.165) is 5.75 Å². The molecule has 0 fully saturated rings. The fourth-order valence-electron chi connectivity index (χ4n) is 1.71. The van der Waals surface area contributed by atoms with E-state index in [1.54, 1.807) is 0 Å². The summed E-state index contributed by atoms with van der Waals surface area (Å²) in [5.41, 5.74) is 2.52. The lowest BCUT2D eigenvalue weighted by Crippen LogP contribution is -1.92. The van der Waals surface area contributed by atoms with E-state index >= 15 is 0 Å². The van der Waals surface area contributed by atoms with Crippen molar-refractivity contribution in [3.8, 4) is 11.3 Å². The number of rotatable bonds is 0. The maximum atomic E-state index is 4.60. The molecule has 1 aromatic heterocycles. The fraction of sp³-hybridized carbons (Fsp3) is 0.182. The highest BCUT2D eigenvalue weighted by Gasteiger charge is 2.19. The summed E-state index contributed by atoms with van der Waals surface area (Å²) in [6, 6.07) is 8.52. The Kier molecular flexibility index (Phi) is 3.05. The molecule has 0 bridgehead atoms. The van der Waals surface area contributed by atoms with Gasteiger partial charge in [0.1, 0.15) is 0 Å². The van der Waals surface area contributed by atoms with Gasteiger partial charge in [-0.2, -0.15) is 0 Å². The van der Waals surface area contributed by atoms with E-state index in [0.29, 0.717) is 0 Å². The number of halogens is 1. The molecular weight excluding hydrogens is 246 g/mol. The van der Waals surface area contributed by atoms with Gasteiger partial charge in [-0.3, -0.25) is 0 Å². The Bertz CT molecular complexity index is 493. The first-order valence-electron chi connectivity index (χ1n) is 4.53. The van der Waals surface area contributed by atoms with Crippen LogP contribution in [0.2, 0.25) is 0 Å². The molecule has 0 saturated heterocycles. The molecule has 78 valence electrons. The smallest absolute Gasteiger partial charge is 0.0904 e. The zero-order valence-corrected chi connectivity index (χ0v) is 10.6. The van der Waals surface area contributed by atoms with Crippen LogP contribution in [0.15, 0.2) is 29.2 Å². The van der Waals surface area contributed by atoms with Gasteiger partial charge in [-0.25, -0.2) is 4.98 Å². The van der Waals surface area contributed by atoms with Gasteiger partial charge in [0.05, 0.1) is 10.7 Å². The molecule has 3 rings (SSSR count). The van der Waals surface area contributed by atoms with Crippen LogP contribution in [0.1, 0.15) is 9.88 Å². The van der Waals surface area contributed by atoms with Crippen molar-refractivity contribution in [3.63, 3.8) is 0 Å². The van der Waals surface area contributed by atoms with Gasteiger partial charge in [-0.15, -0.1) is 35.5 Å². The van der Waals surface area contributed by atoms with Crippen molar-refractivity contribution in [3.05, 3.63) is 34.2 Å². The lowest BCUT2D eigenvalue weighted by molar-refractivity contribution is 1.24. The van der Waals surface area contributed by atoms with E-state index in [1.807, 2.05) is 23.1 Å². The van der Waals surface area contributed by atoms with Crippen molar-refractivity contribution in [1.29, 1.82) is 0 Å². The highest BCUT2D eigenvalue weighted by molar-refractivity contribution is 7.98. The van der Waals surface area contributed by atoms with Crippen molar-refractivity contribution < 1.29 is 0 Å². The molecule has 0 amide bonds. The molecule has 1 aliphatic rings. The van der Waals surface area contributed by atoms with Crippen molar-refractivity contribution >= 4 is 35.5 Å². The fourth-order valence-corrected chi connectivity index (χ4v) is 3.79. The van der Waals surface area contributed by atoms with Crippen LogP contribution in [0.3, 0.4) is 0 Å². The zero-order valence-electron chi connectivity index (χ0n) is 8.19. The Labute approximate surface area is 103 Å². The molecule has 0 unspecified atom stereocenters. The average molecular weight is 256 g/mol. The topological polar surface area (TPSA) is 12.9 Å². The molecule has 2 aromatic rings. The van der Waals surface area contributed by atoms with Gasteiger partial charge in [0.25, 0.3) is 0 Å². The van der Waals surface area contributed by atoms with Crippen molar-refractivity contribution in [1.82, 2.24) is 4.98 Å². The first-order valence-corrected chi connectivity index (χ1v) is 6.33. The van der Waals surface area contributed by atoms with Crippen LogP contribution in [0, 0.1) is 6.92 Å². The Morgan fingerprint density at radius 2 is 2.07 bits per heavy atom. The molecule has 4 heteroatoms. The van der Waals surface area contributed by atoms with Gasteiger partial charge in [0.15, 0.2) is 0 Å². The Morgan fingerprint density at radius 3 is 2.93 bits per heavy atom. The first kappa shape index (κ1) is 11.0. The van der Waals surface area contributed by atoms with Crippen LogP contribution in [-0.2, 0) is 5.75 Å². The maximum absolute atomic E-state index is 4.60. The third-order valence-corrected chi connectivity index (χ3v) is 4.56. The van der Waals surface area contributed by atoms with E-state index in [-0.39, 0.29) is 12.4 Å². The lowest BCUT2D eigenvalue weighted by atomic mass is 10.1. The molecule has 0 spiro atoms. The molecule has 0 aliphatic carbocycles. The van der Waals surface area contributed by atoms with E-state index < -0.39 is 0 Å². The number of thiazole rings is 1. The highest BCUT2D eigenvalue weighted by atomic mass is 35.5. The second-order valence-corrected chi connectivity index (χ2v) is 5.59. The van der Waals surface area contributed by atoms with E-state index in [1.165, 1.54) is 26.0 Å². The molecule has 2 heterocycles. The summed E-state index contributed by atoms with van der Waals surface area (Å²) >= 11 is 3.74. The number of aromatic nitrogens is 1. The highest BCUT2D eigenvalue weighted by Crippen LogP contribution is 2.42. The van der Waals surface area contributed by atoms with Gasteiger partial charge in [-0.1, -0.05) is 18.2 Å². The third-order valence-electron chi connectivity index (χ3n) is 2.31. The van der Waals surface area contributed by atoms with Gasteiger partial charge in [0.2, 0.25) is 0 Å². The second-order valence-electron chi connectivity index (χ2n) is 3.29. The van der Waals surface area contributed by atoms with Gasteiger partial charge >= 0.3 is 0 Å². The number of thioether (sulfide) groups is 1. The molecule has 0 saturated carbocycles. The number of fused-ring (bicyclic) bond motifs is 3. The van der Waals surface area contributed by atoms with Crippen molar-refractivity contribution in [2.24, 2.45) is 0 Å². The monoisotopic (exact) mass is 255 g/mol. The SMILES string of the molecule is Cc1nc2c(s1)CSc1ccccc1-2.Cl. The predicted octanol–water partition coefficient (Wildman–Crippen LogP) is 4.15. The number of aryl methyl sites for hydroxylation is 1. The molecule has 0 N–H and O–H groups in total. The van der Waals surface area contributed by atoms with E-state index in [2.05, 4.69) is 36.2 Å². The number of benzene rings is 1. The van der Waals surface area contributed by atoms with E-state index in [9.17, 15) is 0 Å². The minimum atomic E-state index is 0. The Morgan fingerprint density at radius 1 is 1.27 bits per heavy atom. The first-order chi connectivity index (χ1) is 6.84. The standard InChI is InChI=1S/C11H9NS2.ClH/c1-7-12-11-8-4-2-3-5-9(8)13-6-10(11)14-7;/h2-5H,6H2,1H3;1H. The molecule has 1 nitrogen and oxygen atoms in total. The minimum Gasteiger partial charge on any atom is -0.241 e. The summed E-state index contributed by atoms with van der Waals surface area (Å²) in [6.07, 6.45) is 0. The molecule has 1 aromatic carbocycles. The van der Waals surface area contributed by atoms with E-state index in [4.69, 9.17) is 0 Å². The van der Waals surface area contributed by atoms with Gasteiger partial charge in [-0.05, 0) is 13.0 Å². The number of hydrogen-bond donors (Lipinski definition) is 0. The summed E-state index contributed by atoms with van der Waals surface area (Å²) in [4.78, 5) is 7.39. The summed E-state index contributed by atoms with van der Waals surface area (Å²) < 4.78 is 0. The molecule has 15 heavy (non-hydrogen) atoms. The summed E-state index contributed by atoms with van der Waals surface area (Å²) in [5.74, 6) is 1.08. The van der Waals surface area contributed by atoms with Crippen LogP contribution in [0.25, 0.3) is 11.3 Å². The van der Waals surface area contributed by atoms with Gasteiger partial charge < -0.3 is 0 Å². The number of hydrogen-bond acceptors (Lipinski definition) is 3. The molecular formula is C11H10ClNS2. The maximum Gasteiger partial charge on any atom is 0.0904 e. The Balaban J connectivity index is 0.000000853. The van der Waals surface area contributed by atoms with Gasteiger partial charge in [0, 0.05) is 21.1 Å². The second kappa shape index (κ2) is 4.16. The van der Waals surface area contributed by atoms with Crippen LogP contribution in [0.4, 0.5) is 0 Å². The summed E-state index contributed by atoms with van der Waals surface area (Å²) in [6.45, 7) is 2.08. The summed E-state index contributed by atoms with van der Waals surface area (Å²) in [5, 5.41) is 1.17. The molecule has 0 atom stereocenters. The normalized spacial score (nSPS) is 12.6. The lowest BCUT2D eigenvalue weighted by Gasteiger charge is -2.13.